The van der Waals surface area contributed by atoms with Crippen molar-refractivity contribution in [2.75, 3.05) is 18.1 Å². The quantitative estimate of drug-likeness (QED) is 0.727. The van der Waals surface area contributed by atoms with Crippen LogP contribution in [0.1, 0.15) is 36.3 Å². The number of amides is 2. The Morgan fingerprint density at radius 1 is 1.00 bits per heavy atom. The molecule has 1 heterocycles. The third-order valence-corrected chi connectivity index (χ3v) is 7.24. The fraction of sp³-hybridized carbons (Fsp3) is 0.364. The first kappa shape index (κ1) is 20.8. The molecule has 4 nitrogen and oxygen atoms in total. The smallest absolute Gasteiger partial charge is 0.243 e. The van der Waals surface area contributed by atoms with Crippen LogP contribution in [0.15, 0.2) is 60.7 Å². The maximum absolute atomic E-state index is 12.8. The lowest BCUT2D eigenvalue weighted by Crippen LogP contribution is -2.49. The Hall–Kier alpha value is -1.92. The summed E-state index contributed by atoms with van der Waals surface area (Å²) in [5, 5.41) is 5.98. The van der Waals surface area contributed by atoms with E-state index in [4.69, 9.17) is 0 Å². The lowest BCUT2D eigenvalue weighted by Gasteiger charge is -2.22. The van der Waals surface area contributed by atoms with E-state index >= 15 is 0 Å². The molecule has 0 aromatic heterocycles. The van der Waals surface area contributed by atoms with Crippen LogP contribution in [0.5, 0.6) is 0 Å². The van der Waals surface area contributed by atoms with Gasteiger partial charge in [0.05, 0.1) is 0 Å². The first-order valence-electron chi connectivity index (χ1n) is 9.65. The molecule has 0 bridgehead atoms. The number of hydrogen-bond donors (Lipinski definition) is 2. The summed E-state index contributed by atoms with van der Waals surface area (Å²) in [5.41, 5.74) is 2.32. The lowest BCUT2D eigenvalue weighted by atomic mass is 9.91. The molecule has 2 aromatic carbocycles. The minimum Gasteiger partial charge on any atom is -0.353 e. The van der Waals surface area contributed by atoms with Crippen LogP contribution in [-0.4, -0.2) is 35.9 Å². The molecule has 2 aromatic rings. The van der Waals surface area contributed by atoms with Gasteiger partial charge >= 0.3 is 0 Å². The molecule has 0 spiro atoms. The molecule has 28 heavy (non-hydrogen) atoms. The summed E-state index contributed by atoms with van der Waals surface area (Å²) in [7, 11) is 3.44. The number of nitrogens with one attached hydrogen (secondary N) is 2. The van der Waals surface area contributed by atoms with Crippen LogP contribution in [-0.2, 0) is 9.59 Å². The van der Waals surface area contributed by atoms with Crippen molar-refractivity contribution in [1.82, 2.24) is 10.6 Å². The van der Waals surface area contributed by atoms with Gasteiger partial charge in [-0.2, -0.15) is 0 Å². The Labute approximate surface area is 174 Å². The Bertz CT molecular complexity index is 716. The lowest BCUT2D eigenvalue weighted by molar-refractivity contribution is -0.128. The number of hydrogen-bond acceptors (Lipinski definition) is 4. The summed E-state index contributed by atoms with van der Waals surface area (Å²) in [6.07, 6.45) is 2.40. The number of rotatable bonds is 5. The minimum atomic E-state index is -0.490. The third-order valence-electron chi connectivity index (χ3n) is 4.74. The second-order valence-electron chi connectivity index (χ2n) is 6.80. The van der Waals surface area contributed by atoms with Gasteiger partial charge in [0.25, 0.3) is 0 Å². The second-order valence-corrected chi connectivity index (χ2v) is 9.43. The fourth-order valence-electron chi connectivity index (χ4n) is 3.20. The highest BCUT2D eigenvalue weighted by Gasteiger charge is 2.23. The van der Waals surface area contributed by atoms with Crippen molar-refractivity contribution in [3.05, 3.63) is 71.8 Å². The normalized spacial score (nSPS) is 18.3. The van der Waals surface area contributed by atoms with Crippen molar-refractivity contribution in [3.8, 4) is 0 Å². The Morgan fingerprint density at radius 3 is 2.29 bits per heavy atom. The average Bonchev–Trinajstić information content (AvgIpc) is 2.74. The van der Waals surface area contributed by atoms with E-state index in [1.165, 1.54) is 0 Å². The first-order chi connectivity index (χ1) is 13.7. The van der Waals surface area contributed by atoms with E-state index in [2.05, 4.69) is 34.9 Å². The molecule has 1 saturated heterocycles. The van der Waals surface area contributed by atoms with Crippen LogP contribution in [0.2, 0.25) is 0 Å². The van der Waals surface area contributed by atoms with Gasteiger partial charge in [-0.25, -0.2) is 0 Å². The topological polar surface area (TPSA) is 58.2 Å². The van der Waals surface area contributed by atoms with Gasteiger partial charge in [0.15, 0.2) is 0 Å². The zero-order chi connectivity index (χ0) is 19.6. The van der Waals surface area contributed by atoms with E-state index in [0.29, 0.717) is 18.7 Å². The van der Waals surface area contributed by atoms with Crippen molar-refractivity contribution in [2.45, 2.75) is 31.2 Å². The highest BCUT2D eigenvalue weighted by Crippen LogP contribution is 2.26. The van der Waals surface area contributed by atoms with E-state index in [-0.39, 0.29) is 17.7 Å². The number of carbonyl (C=O) groups excluding carboxylic acids is 2. The highest BCUT2D eigenvalue weighted by atomic mass is 33.1. The maximum Gasteiger partial charge on any atom is 0.243 e. The van der Waals surface area contributed by atoms with Gasteiger partial charge < -0.3 is 10.6 Å². The SMILES string of the molecule is O=C1CCCCSSC[C@@H](C(=O)NCC(c2ccccc2)c2ccccc2)N1. The molecule has 6 heteroatoms. The second kappa shape index (κ2) is 11.2. The zero-order valence-corrected chi connectivity index (χ0v) is 17.4. The van der Waals surface area contributed by atoms with Crippen LogP contribution >= 0.6 is 21.6 Å². The van der Waals surface area contributed by atoms with Gasteiger partial charge in [0, 0.05) is 30.4 Å². The highest BCUT2D eigenvalue weighted by molar-refractivity contribution is 8.76. The summed E-state index contributed by atoms with van der Waals surface area (Å²) in [6, 6.07) is 19.9. The monoisotopic (exact) mass is 414 g/mol. The summed E-state index contributed by atoms with van der Waals surface area (Å²) in [5.74, 6) is 1.54. The fourth-order valence-corrected chi connectivity index (χ4v) is 5.51. The van der Waals surface area contributed by atoms with E-state index in [0.717, 1.165) is 29.7 Å². The first-order valence-corrected chi connectivity index (χ1v) is 12.1. The number of benzene rings is 2. The van der Waals surface area contributed by atoms with Gasteiger partial charge in [-0.05, 0) is 24.0 Å². The van der Waals surface area contributed by atoms with E-state index < -0.39 is 6.04 Å². The van der Waals surface area contributed by atoms with Crippen LogP contribution in [0.3, 0.4) is 0 Å². The van der Waals surface area contributed by atoms with Gasteiger partial charge in [-0.1, -0.05) is 82.3 Å². The van der Waals surface area contributed by atoms with Crippen LogP contribution < -0.4 is 10.6 Å². The van der Waals surface area contributed by atoms with Gasteiger partial charge in [0.2, 0.25) is 11.8 Å². The van der Waals surface area contributed by atoms with E-state index in [1.54, 1.807) is 21.6 Å². The molecule has 1 atom stereocenters. The van der Waals surface area contributed by atoms with Gasteiger partial charge in [-0.3, -0.25) is 9.59 Å². The van der Waals surface area contributed by atoms with Gasteiger partial charge in [0.1, 0.15) is 6.04 Å². The molecule has 1 aliphatic rings. The van der Waals surface area contributed by atoms with E-state index in [1.807, 2.05) is 36.4 Å². The molecule has 0 saturated carbocycles. The Balaban J connectivity index is 1.67. The van der Waals surface area contributed by atoms with Crippen molar-refractivity contribution in [1.29, 1.82) is 0 Å². The van der Waals surface area contributed by atoms with Crippen LogP contribution in [0.25, 0.3) is 0 Å². The zero-order valence-electron chi connectivity index (χ0n) is 15.8. The molecule has 148 valence electrons. The molecule has 2 N–H and O–H groups in total. The van der Waals surface area contributed by atoms with Crippen molar-refractivity contribution < 1.29 is 9.59 Å². The maximum atomic E-state index is 12.8. The predicted octanol–water partition coefficient (Wildman–Crippen LogP) is 3.98. The molecule has 1 fully saturated rings. The molecule has 3 rings (SSSR count). The van der Waals surface area contributed by atoms with Crippen LogP contribution in [0.4, 0.5) is 0 Å². The van der Waals surface area contributed by atoms with Crippen LogP contribution in [0, 0.1) is 0 Å². The summed E-state index contributed by atoms with van der Waals surface area (Å²) >= 11 is 0. The van der Waals surface area contributed by atoms with Crippen molar-refractivity contribution in [3.63, 3.8) is 0 Å². The molecule has 0 radical (unpaired) electrons. The summed E-state index contributed by atoms with van der Waals surface area (Å²) in [4.78, 5) is 24.9. The molecule has 0 aliphatic carbocycles. The molecule has 1 aliphatic heterocycles. The van der Waals surface area contributed by atoms with Crippen molar-refractivity contribution >= 4 is 33.4 Å². The van der Waals surface area contributed by atoms with Crippen molar-refractivity contribution in [2.24, 2.45) is 0 Å². The van der Waals surface area contributed by atoms with E-state index in [9.17, 15) is 9.59 Å². The Morgan fingerprint density at radius 2 is 1.64 bits per heavy atom. The largest absolute Gasteiger partial charge is 0.353 e. The Kier molecular flexibility index (Phi) is 8.30. The predicted molar refractivity (Wildman–Crippen MR) is 118 cm³/mol. The van der Waals surface area contributed by atoms with Gasteiger partial charge in [-0.15, -0.1) is 0 Å². The summed E-state index contributed by atoms with van der Waals surface area (Å²) in [6.45, 7) is 0.497. The standard InChI is InChI=1S/C22H26N2O2S2/c25-21-13-7-8-14-27-28-16-20(24-21)22(26)23-15-19(17-9-3-1-4-10-17)18-11-5-2-6-12-18/h1-6,9-12,19-20H,7-8,13-16H2,(H,23,26)(H,24,25)/t20-/m0/s1. The minimum absolute atomic E-state index is 0.0321. The number of carbonyl (C=O) groups is 2. The molecule has 2 amide bonds. The average molecular weight is 415 g/mol. The third kappa shape index (κ3) is 6.31. The molecule has 0 unspecified atom stereocenters. The summed E-state index contributed by atoms with van der Waals surface area (Å²) < 4.78 is 0. The molecular weight excluding hydrogens is 388 g/mol. The molecular formula is C22H26N2O2S2.